The molecule has 4 rings (SSSR count). The maximum Gasteiger partial charge on any atom is 0.416 e. The first-order valence-corrected chi connectivity index (χ1v) is 10.6. The summed E-state index contributed by atoms with van der Waals surface area (Å²) in [6.07, 6.45) is 0.845. The van der Waals surface area contributed by atoms with Gasteiger partial charge in [-0.15, -0.1) is 0 Å². The van der Waals surface area contributed by atoms with Crippen LogP contribution in [-0.4, -0.2) is 15.1 Å². The Balaban J connectivity index is 1.85. The standard InChI is InChI=1S/C26H24F3N3O/c1-23(2,3)25(33,20-13-31-16-32-14-20)21-9-6-18(12-22(21)26(27,28)29)17-4-7-19(8-5-17)24(15-30)10-11-24/h4-9,12-14,16,33H,10-11H2,1-3H3. The highest BCUT2D eigenvalue weighted by molar-refractivity contribution is 5.67. The lowest BCUT2D eigenvalue weighted by atomic mass is 9.67. The summed E-state index contributed by atoms with van der Waals surface area (Å²) in [5.74, 6) is 0. The third-order valence-electron chi connectivity index (χ3n) is 6.51. The number of halogens is 3. The van der Waals surface area contributed by atoms with Crippen molar-refractivity contribution in [3.63, 3.8) is 0 Å². The van der Waals surface area contributed by atoms with E-state index in [1.165, 1.54) is 24.8 Å². The molecule has 1 aromatic heterocycles. The molecule has 1 aliphatic carbocycles. The molecule has 1 fully saturated rings. The van der Waals surface area contributed by atoms with E-state index in [9.17, 15) is 23.5 Å². The van der Waals surface area contributed by atoms with Crippen LogP contribution in [0.2, 0.25) is 0 Å². The number of rotatable bonds is 4. The monoisotopic (exact) mass is 451 g/mol. The molecule has 7 heteroatoms. The molecule has 0 spiro atoms. The lowest BCUT2D eigenvalue weighted by Crippen LogP contribution is -2.42. The summed E-state index contributed by atoms with van der Waals surface area (Å²) in [5.41, 5.74) is -2.55. The van der Waals surface area contributed by atoms with Gasteiger partial charge in [0.2, 0.25) is 0 Å². The number of nitrogens with zero attached hydrogens (tertiary/aromatic N) is 3. The molecule has 1 atom stereocenters. The van der Waals surface area contributed by atoms with Crippen molar-refractivity contribution < 1.29 is 18.3 Å². The van der Waals surface area contributed by atoms with Crippen molar-refractivity contribution in [2.24, 2.45) is 5.41 Å². The number of nitriles is 1. The summed E-state index contributed by atoms with van der Waals surface area (Å²) in [7, 11) is 0. The quantitative estimate of drug-likeness (QED) is 0.528. The molecule has 2 aromatic carbocycles. The fourth-order valence-electron chi connectivity index (χ4n) is 4.32. The highest BCUT2D eigenvalue weighted by atomic mass is 19.4. The van der Waals surface area contributed by atoms with Gasteiger partial charge in [0.05, 0.1) is 17.0 Å². The van der Waals surface area contributed by atoms with Crippen molar-refractivity contribution in [1.29, 1.82) is 5.26 Å². The van der Waals surface area contributed by atoms with Gasteiger partial charge in [-0.2, -0.15) is 18.4 Å². The van der Waals surface area contributed by atoms with Crippen LogP contribution in [0.1, 0.15) is 55.9 Å². The lowest BCUT2D eigenvalue weighted by molar-refractivity contribution is -0.142. The second-order valence-electron chi connectivity index (χ2n) is 9.62. The van der Waals surface area contributed by atoms with Gasteiger partial charge >= 0.3 is 6.18 Å². The first-order valence-electron chi connectivity index (χ1n) is 10.6. The van der Waals surface area contributed by atoms with E-state index in [-0.39, 0.29) is 11.1 Å². The van der Waals surface area contributed by atoms with Gasteiger partial charge < -0.3 is 5.11 Å². The van der Waals surface area contributed by atoms with Crippen molar-refractivity contribution in [3.05, 3.63) is 83.4 Å². The zero-order valence-corrected chi connectivity index (χ0v) is 18.6. The Hall–Kier alpha value is -3.24. The van der Waals surface area contributed by atoms with Crippen LogP contribution in [0.25, 0.3) is 11.1 Å². The van der Waals surface area contributed by atoms with E-state index in [1.807, 2.05) is 0 Å². The van der Waals surface area contributed by atoms with Crippen LogP contribution in [0.4, 0.5) is 13.2 Å². The van der Waals surface area contributed by atoms with Crippen LogP contribution in [-0.2, 0) is 17.2 Å². The fourth-order valence-corrected chi connectivity index (χ4v) is 4.32. The number of aliphatic hydroxyl groups is 1. The van der Waals surface area contributed by atoms with Gasteiger partial charge in [-0.1, -0.05) is 57.2 Å². The predicted molar refractivity (Wildman–Crippen MR) is 118 cm³/mol. The molecule has 0 bridgehead atoms. The van der Waals surface area contributed by atoms with Crippen LogP contribution in [0.5, 0.6) is 0 Å². The Bertz CT molecular complexity index is 1200. The molecule has 0 amide bonds. The molecule has 0 aliphatic heterocycles. The van der Waals surface area contributed by atoms with E-state index in [4.69, 9.17) is 0 Å². The number of aromatic nitrogens is 2. The van der Waals surface area contributed by atoms with Crippen molar-refractivity contribution >= 4 is 0 Å². The highest BCUT2D eigenvalue weighted by Gasteiger charge is 2.49. The van der Waals surface area contributed by atoms with Gasteiger partial charge in [0.15, 0.2) is 0 Å². The third-order valence-corrected chi connectivity index (χ3v) is 6.51. The predicted octanol–water partition coefficient (Wildman–Crippen LogP) is 6.00. The number of hydrogen-bond acceptors (Lipinski definition) is 4. The maximum absolute atomic E-state index is 14.3. The Labute approximate surface area is 190 Å². The Morgan fingerprint density at radius 2 is 1.48 bits per heavy atom. The summed E-state index contributed by atoms with van der Waals surface area (Å²) >= 11 is 0. The zero-order chi connectivity index (χ0) is 24.1. The van der Waals surface area contributed by atoms with Crippen LogP contribution in [0.15, 0.2) is 61.2 Å². The van der Waals surface area contributed by atoms with E-state index in [0.717, 1.165) is 24.5 Å². The topological polar surface area (TPSA) is 69.8 Å². The van der Waals surface area contributed by atoms with Gasteiger partial charge in [0.25, 0.3) is 0 Å². The highest BCUT2D eigenvalue weighted by Crippen LogP contribution is 2.50. The minimum absolute atomic E-state index is 0.186. The summed E-state index contributed by atoms with van der Waals surface area (Å²) in [4.78, 5) is 7.82. The largest absolute Gasteiger partial charge is 0.416 e. The number of alkyl halides is 3. The second kappa shape index (κ2) is 7.67. The average Bonchev–Trinajstić information content (AvgIpc) is 3.59. The summed E-state index contributed by atoms with van der Waals surface area (Å²) < 4.78 is 42.8. The van der Waals surface area contributed by atoms with Crippen LogP contribution in [0.3, 0.4) is 0 Å². The van der Waals surface area contributed by atoms with Crippen LogP contribution < -0.4 is 0 Å². The van der Waals surface area contributed by atoms with E-state index in [1.54, 1.807) is 51.1 Å². The zero-order valence-electron chi connectivity index (χ0n) is 18.6. The summed E-state index contributed by atoms with van der Waals surface area (Å²) in [5, 5.41) is 21.1. The summed E-state index contributed by atoms with van der Waals surface area (Å²) in [6.45, 7) is 5.03. The first-order chi connectivity index (χ1) is 15.4. The lowest BCUT2D eigenvalue weighted by Gasteiger charge is -2.42. The van der Waals surface area contributed by atoms with Crippen molar-refractivity contribution in [1.82, 2.24) is 9.97 Å². The van der Waals surface area contributed by atoms with Gasteiger partial charge in [0.1, 0.15) is 11.9 Å². The molecule has 0 radical (unpaired) electrons. The molecule has 1 heterocycles. The fraction of sp³-hybridized carbons (Fsp3) is 0.346. The maximum atomic E-state index is 14.3. The van der Waals surface area contributed by atoms with E-state index in [0.29, 0.717) is 11.1 Å². The molecule has 4 nitrogen and oxygen atoms in total. The van der Waals surface area contributed by atoms with Gasteiger partial charge in [-0.3, -0.25) is 0 Å². The Morgan fingerprint density at radius 1 is 0.909 bits per heavy atom. The molecular weight excluding hydrogens is 427 g/mol. The minimum Gasteiger partial charge on any atom is -0.380 e. The van der Waals surface area contributed by atoms with E-state index >= 15 is 0 Å². The van der Waals surface area contributed by atoms with Gasteiger partial charge in [-0.25, -0.2) is 9.97 Å². The molecule has 1 N–H and O–H groups in total. The average molecular weight is 451 g/mol. The molecule has 1 unspecified atom stereocenters. The molecular formula is C26H24F3N3O. The molecule has 0 saturated heterocycles. The van der Waals surface area contributed by atoms with Crippen LogP contribution >= 0.6 is 0 Å². The van der Waals surface area contributed by atoms with E-state index in [2.05, 4.69) is 16.0 Å². The third kappa shape index (κ3) is 3.89. The number of hydrogen-bond donors (Lipinski definition) is 1. The molecule has 3 aromatic rings. The number of benzene rings is 2. The van der Waals surface area contributed by atoms with Crippen LogP contribution in [0, 0.1) is 16.7 Å². The molecule has 33 heavy (non-hydrogen) atoms. The van der Waals surface area contributed by atoms with Gasteiger partial charge in [0, 0.05) is 23.5 Å². The normalized spacial score (nSPS) is 17.2. The second-order valence-corrected chi connectivity index (χ2v) is 9.62. The van der Waals surface area contributed by atoms with Gasteiger partial charge in [-0.05, 0) is 41.0 Å². The van der Waals surface area contributed by atoms with E-state index < -0.39 is 28.2 Å². The summed E-state index contributed by atoms with van der Waals surface area (Å²) in [6, 6.07) is 13.4. The SMILES string of the molecule is CC(C)(C)C(O)(c1cncnc1)c1ccc(-c2ccc(C3(C#N)CC3)cc2)cc1C(F)(F)F. The van der Waals surface area contributed by atoms with Crippen molar-refractivity contribution in [2.45, 2.75) is 50.8 Å². The Morgan fingerprint density at radius 3 is 1.97 bits per heavy atom. The molecule has 1 aliphatic rings. The molecule has 170 valence electrons. The smallest absolute Gasteiger partial charge is 0.380 e. The Kier molecular flexibility index (Phi) is 5.33. The minimum atomic E-state index is -4.70. The first kappa shape index (κ1) is 22.9. The van der Waals surface area contributed by atoms with Crippen molar-refractivity contribution in [2.75, 3.05) is 0 Å². The molecule has 1 saturated carbocycles. The van der Waals surface area contributed by atoms with Crippen molar-refractivity contribution in [3.8, 4) is 17.2 Å².